The van der Waals surface area contributed by atoms with Crippen molar-refractivity contribution < 1.29 is 93.4 Å². The molecule has 8 nitrogen and oxygen atoms in total. The van der Waals surface area contributed by atoms with E-state index >= 15 is 0 Å². The van der Waals surface area contributed by atoms with Crippen molar-refractivity contribution in [2.75, 3.05) is 13.2 Å². The molecule has 0 fully saturated rings. The summed E-state index contributed by atoms with van der Waals surface area (Å²) in [6.45, 7) is 4.37. The van der Waals surface area contributed by atoms with Gasteiger partial charge >= 0.3 is 59.1 Å². The molecule has 0 radical (unpaired) electrons. The van der Waals surface area contributed by atoms with Crippen molar-refractivity contribution in [3.63, 3.8) is 0 Å². The normalized spacial score (nSPS) is 11.1. The van der Waals surface area contributed by atoms with Gasteiger partial charge in [0.25, 0.3) is 0 Å². The fourth-order valence-corrected chi connectivity index (χ4v) is 3.08. The van der Waals surface area contributed by atoms with Gasteiger partial charge in [0.15, 0.2) is 0 Å². The van der Waals surface area contributed by atoms with E-state index in [0.29, 0.717) is 12.8 Å². The molecule has 0 atom stereocenters. The summed E-state index contributed by atoms with van der Waals surface area (Å²) >= 11 is 0. The predicted octanol–water partition coefficient (Wildman–Crippen LogP) is -1.56. The molecule has 172 valence electrons. The standard InChI is InChI=1S/C10H22O4S.C8H18O4S.2Na/c1-2-3-4-5-6-7-8-9-10-14-15(11,12)13;1-2-3-4-5-6-7-8-12-13(9,10)11;;/h2-10H2,1H3,(H,11,12,13);2-8H2,1H3,(H,9,10,11);;/q;;2*+1/p-2. The second-order valence-electron chi connectivity index (χ2n) is 6.70. The molecular formula is C18H38Na2O8S2. The molecule has 0 aromatic carbocycles. The quantitative estimate of drug-likeness (QED) is 0.0971. The van der Waals surface area contributed by atoms with Crippen LogP contribution in [0.15, 0.2) is 0 Å². The fraction of sp³-hybridized carbons (Fsp3) is 1.00. The van der Waals surface area contributed by atoms with Gasteiger partial charge < -0.3 is 9.11 Å². The molecule has 0 aromatic heterocycles. The second kappa shape index (κ2) is 27.0. The summed E-state index contributed by atoms with van der Waals surface area (Å²) in [5, 5.41) is 0. The number of rotatable bonds is 18. The van der Waals surface area contributed by atoms with Gasteiger partial charge in [-0.25, -0.2) is 16.8 Å². The summed E-state index contributed by atoms with van der Waals surface area (Å²) < 4.78 is 68.3. The van der Waals surface area contributed by atoms with Gasteiger partial charge in [0.2, 0.25) is 20.8 Å². The number of hydrogen-bond donors (Lipinski definition) is 0. The van der Waals surface area contributed by atoms with E-state index in [1.807, 2.05) is 0 Å². The van der Waals surface area contributed by atoms with E-state index < -0.39 is 20.8 Å². The monoisotopic (exact) mass is 492 g/mol. The van der Waals surface area contributed by atoms with E-state index in [1.54, 1.807) is 0 Å². The minimum atomic E-state index is -4.48. The van der Waals surface area contributed by atoms with Gasteiger partial charge in [0.1, 0.15) is 0 Å². The number of unbranched alkanes of at least 4 members (excludes halogenated alkanes) is 12. The second-order valence-corrected chi connectivity index (χ2v) is 8.81. The maximum atomic E-state index is 10.1. The zero-order chi connectivity index (χ0) is 21.7. The maximum absolute atomic E-state index is 10.1. The summed E-state index contributed by atoms with van der Waals surface area (Å²) in [7, 11) is -8.95. The summed E-state index contributed by atoms with van der Waals surface area (Å²) in [4.78, 5) is 0. The van der Waals surface area contributed by atoms with Crippen LogP contribution in [0.3, 0.4) is 0 Å². The van der Waals surface area contributed by atoms with E-state index in [0.717, 1.165) is 25.7 Å². The Morgan fingerprint density at radius 2 is 0.733 bits per heavy atom. The summed E-state index contributed by atoms with van der Waals surface area (Å²) in [6.07, 6.45) is 15.1. The van der Waals surface area contributed by atoms with Crippen molar-refractivity contribution in [1.82, 2.24) is 0 Å². The smallest absolute Gasteiger partial charge is 0.726 e. The van der Waals surface area contributed by atoms with E-state index in [2.05, 4.69) is 22.2 Å². The van der Waals surface area contributed by atoms with Gasteiger partial charge in [-0.3, -0.25) is 8.37 Å². The van der Waals surface area contributed by atoms with Crippen molar-refractivity contribution in [2.24, 2.45) is 0 Å². The molecule has 0 bridgehead atoms. The molecule has 0 unspecified atom stereocenters. The molecule has 0 spiro atoms. The van der Waals surface area contributed by atoms with Gasteiger partial charge in [-0.2, -0.15) is 0 Å². The Hall–Kier alpha value is 1.74. The molecule has 0 heterocycles. The maximum Gasteiger partial charge on any atom is 1.00 e. The minimum absolute atomic E-state index is 0. The third-order valence-electron chi connectivity index (χ3n) is 3.95. The van der Waals surface area contributed by atoms with Crippen molar-refractivity contribution >= 4 is 20.8 Å². The Morgan fingerprint density at radius 3 is 0.967 bits per heavy atom. The molecule has 0 N–H and O–H groups in total. The average Bonchev–Trinajstić information content (AvgIpc) is 2.58. The molecular weight excluding hydrogens is 454 g/mol. The van der Waals surface area contributed by atoms with E-state index in [1.165, 1.54) is 51.4 Å². The topological polar surface area (TPSA) is 133 Å². The third-order valence-corrected chi connectivity index (χ3v) is 4.86. The largest absolute Gasteiger partial charge is 1.00 e. The zero-order valence-electron chi connectivity index (χ0n) is 19.4. The van der Waals surface area contributed by atoms with Crippen LogP contribution in [0.2, 0.25) is 0 Å². The van der Waals surface area contributed by atoms with Crippen LogP contribution in [0.5, 0.6) is 0 Å². The van der Waals surface area contributed by atoms with E-state index in [4.69, 9.17) is 0 Å². The van der Waals surface area contributed by atoms with Crippen LogP contribution in [0.1, 0.15) is 104 Å². The Labute approximate surface area is 229 Å². The number of hydrogen-bond acceptors (Lipinski definition) is 8. The molecule has 0 amide bonds. The molecule has 0 saturated carbocycles. The predicted molar refractivity (Wildman–Crippen MR) is 107 cm³/mol. The minimum Gasteiger partial charge on any atom is -0.726 e. The van der Waals surface area contributed by atoms with Crippen LogP contribution < -0.4 is 59.1 Å². The van der Waals surface area contributed by atoms with Crippen LogP contribution in [-0.4, -0.2) is 39.2 Å². The molecule has 0 aliphatic heterocycles. The summed E-state index contributed by atoms with van der Waals surface area (Å²) in [5.74, 6) is 0. The summed E-state index contributed by atoms with van der Waals surface area (Å²) in [6, 6.07) is 0. The molecule has 0 saturated heterocycles. The van der Waals surface area contributed by atoms with Gasteiger partial charge in [-0.05, 0) is 12.8 Å². The van der Waals surface area contributed by atoms with Gasteiger partial charge in [0.05, 0.1) is 13.2 Å². The molecule has 0 rings (SSSR count). The van der Waals surface area contributed by atoms with Crippen LogP contribution in [0.4, 0.5) is 0 Å². The van der Waals surface area contributed by atoms with E-state index in [9.17, 15) is 25.9 Å². The van der Waals surface area contributed by atoms with Crippen LogP contribution in [-0.2, 0) is 29.2 Å². The average molecular weight is 493 g/mol. The van der Waals surface area contributed by atoms with Gasteiger partial charge in [-0.1, -0.05) is 90.9 Å². The molecule has 0 aromatic rings. The fourth-order valence-electron chi connectivity index (χ4n) is 2.44. The Bertz CT molecular complexity index is 528. The third kappa shape index (κ3) is 43.6. The van der Waals surface area contributed by atoms with Crippen LogP contribution in [0, 0.1) is 0 Å². The summed E-state index contributed by atoms with van der Waals surface area (Å²) in [5.41, 5.74) is 0. The molecule has 0 aliphatic carbocycles. The van der Waals surface area contributed by atoms with Gasteiger partial charge in [-0.15, -0.1) is 0 Å². The van der Waals surface area contributed by atoms with Crippen molar-refractivity contribution in [1.29, 1.82) is 0 Å². The Morgan fingerprint density at radius 1 is 0.500 bits per heavy atom. The first-order valence-electron chi connectivity index (χ1n) is 10.3. The van der Waals surface area contributed by atoms with Crippen LogP contribution >= 0.6 is 0 Å². The van der Waals surface area contributed by atoms with Crippen LogP contribution in [0.25, 0.3) is 0 Å². The zero-order valence-corrected chi connectivity index (χ0v) is 25.0. The van der Waals surface area contributed by atoms with Crippen molar-refractivity contribution in [2.45, 2.75) is 104 Å². The molecule has 30 heavy (non-hydrogen) atoms. The molecule has 0 aliphatic rings. The van der Waals surface area contributed by atoms with E-state index in [-0.39, 0.29) is 72.3 Å². The molecule has 12 heteroatoms. The first-order valence-corrected chi connectivity index (χ1v) is 13.0. The SMILES string of the molecule is CCCCCCCCCCOS(=O)(=O)[O-].CCCCCCCCOS(=O)(=O)[O-].[Na+].[Na+]. The Kier molecular flexibility index (Phi) is 35.1. The van der Waals surface area contributed by atoms with Gasteiger partial charge in [0, 0.05) is 0 Å². The van der Waals surface area contributed by atoms with Crippen molar-refractivity contribution in [3.05, 3.63) is 0 Å². The van der Waals surface area contributed by atoms with Crippen molar-refractivity contribution in [3.8, 4) is 0 Å². The first kappa shape index (κ1) is 39.0. The Balaban J connectivity index is -0.000000213. The first-order chi connectivity index (χ1) is 13.1.